The standard InChI is InChI=1S/C22H30FN3O3/c1-14(2)21(28)20-17(5)26(22(29)19(20)7-9-24-6)16(4)18(11-15(3)13-27)12-25-10-8-23/h7,9,11-14,16-17,27H,6,8,10H2,1-5H3/b9-7-,15-13+,18-11+,25-12-. The Kier molecular flexibility index (Phi) is 9.38. The molecule has 2 unspecified atom stereocenters. The summed E-state index contributed by atoms with van der Waals surface area (Å²) in [5.41, 5.74) is 1.90. The molecule has 0 saturated carbocycles. The first-order valence-corrected chi connectivity index (χ1v) is 9.52. The third kappa shape index (κ3) is 5.82. The third-order valence-corrected chi connectivity index (χ3v) is 4.68. The normalized spacial score (nSPS) is 19.9. The lowest BCUT2D eigenvalue weighted by molar-refractivity contribution is -0.127. The summed E-state index contributed by atoms with van der Waals surface area (Å²) in [4.78, 5) is 35.3. The maximum absolute atomic E-state index is 13.2. The summed E-state index contributed by atoms with van der Waals surface area (Å²) in [6.45, 7) is 11.7. The minimum Gasteiger partial charge on any atom is -0.515 e. The van der Waals surface area contributed by atoms with Crippen LogP contribution in [-0.4, -0.2) is 59.9 Å². The lowest BCUT2D eigenvalue weighted by Gasteiger charge is -2.31. The number of amides is 1. The molecule has 1 rings (SSSR count). The van der Waals surface area contributed by atoms with Crippen molar-refractivity contribution in [3.63, 3.8) is 0 Å². The maximum Gasteiger partial charge on any atom is 0.255 e. The number of rotatable bonds is 10. The molecule has 7 heteroatoms. The van der Waals surface area contributed by atoms with Crippen LogP contribution in [0.5, 0.6) is 0 Å². The van der Waals surface area contributed by atoms with Gasteiger partial charge in [-0.25, -0.2) is 4.39 Å². The van der Waals surface area contributed by atoms with Gasteiger partial charge in [0.05, 0.1) is 24.9 Å². The molecule has 1 N–H and O–H groups in total. The van der Waals surface area contributed by atoms with E-state index in [-0.39, 0.29) is 24.2 Å². The number of ketones is 1. The monoisotopic (exact) mass is 403 g/mol. The van der Waals surface area contributed by atoms with Gasteiger partial charge in [0.1, 0.15) is 6.67 Å². The zero-order valence-corrected chi connectivity index (χ0v) is 17.7. The van der Waals surface area contributed by atoms with Crippen LogP contribution in [0.1, 0.15) is 34.6 Å². The van der Waals surface area contributed by atoms with E-state index in [0.29, 0.717) is 22.3 Å². The number of nitrogens with zero attached hydrogens (tertiary/aromatic N) is 3. The van der Waals surface area contributed by atoms with Crippen molar-refractivity contribution in [3.8, 4) is 0 Å². The minimum absolute atomic E-state index is 0.00374. The quantitative estimate of drug-likeness (QED) is 0.342. The molecule has 0 aromatic carbocycles. The largest absolute Gasteiger partial charge is 0.515 e. The van der Waals surface area contributed by atoms with Crippen molar-refractivity contribution in [3.05, 3.63) is 46.9 Å². The van der Waals surface area contributed by atoms with Crippen LogP contribution in [0.25, 0.3) is 0 Å². The fourth-order valence-corrected chi connectivity index (χ4v) is 3.19. The first kappa shape index (κ1) is 24.2. The molecule has 1 amide bonds. The molecule has 158 valence electrons. The average Bonchev–Trinajstić information content (AvgIpc) is 2.93. The highest BCUT2D eigenvalue weighted by Gasteiger charge is 2.41. The zero-order valence-electron chi connectivity index (χ0n) is 17.7. The summed E-state index contributed by atoms with van der Waals surface area (Å²) < 4.78 is 12.5. The van der Waals surface area contributed by atoms with Crippen LogP contribution in [0.3, 0.4) is 0 Å². The van der Waals surface area contributed by atoms with Gasteiger partial charge in [0.25, 0.3) is 5.91 Å². The van der Waals surface area contributed by atoms with Crippen LogP contribution in [0, 0.1) is 5.92 Å². The number of aliphatic hydroxyl groups excluding tert-OH is 1. The zero-order chi connectivity index (χ0) is 22.1. The number of aliphatic imine (C=N–C) groups is 2. The Hall–Kier alpha value is -2.83. The Balaban J connectivity index is 3.43. The SMILES string of the molecule is C=N/C=C\C1=C(C(=O)C(C)C)C(C)N(C(C)C(/C=N\CCF)=C/C(C)=C/O)C1=O. The van der Waals surface area contributed by atoms with E-state index >= 15 is 0 Å². The van der Waals surface area contributed by atoms with Crippen LogP contribution >= 0.6 is 0 Å². The van der Waals surface area contributed by atoms with Crippen LogP contribution in [0.15, 0.2) is 56.9 Å². The molecular weight excluding hydrogens is 373 g/mol. The summed E-state index contributed by atoms with van der Waals surface area (Å²) in [5.74, 6) is -0.673. The third-order valence-electron chi connectivity index (χ3n) is 4.68. The lowest BCUT2D eigenvalue weighted by Crippen LogP contribution is -2.43. The van der Waals surface area contributed by atoms with Gasteiger partial charge in [-0.2, -0.15) is 0 Å². The van der Waals surface area contributed by atoms with Gasteiger partial charge in [0.2, 0.25) is 0 Å². The van der Waals surface area contributed by atoms with Gasteiger partial charge < -0.3 is 10.0 Å². The highest BCUT2D eigenvalue weighted by Crippen LogP contribution is 2.32. The fraction of sp³-hybridized carbons (Fsp3) is 0.455. The smallest absolute Gasteiger partial charge is 0.255 e. The van der Waals surface area contributed by atoms with Gasteiger partial charge in [-0.1, -0.05) is 13.8 Å². The van der Waals surface area contributed by atoms with Crippen molar-refractivity contribution >= 4 is 24.6 Å². The molecular formula is C22H30FN3O3. The molecule has 0 aromatic rings. The molecule has 0 fully saturated rings. The van der Waals surface area contributed by atoms with E-state index < -0.39 is 18.8 Å². The average molecular weight is 403 g/mol. The van der Waals surface area contributed by atoms with Gasteiger partial charge in [0.15, 0.2) is 5.78 Å². The second-order valence-electron chi connectivity index (χ2n) is 7.15. The molecule has 0 bridgehead atoms. The Labute approximate surface area is 171 Å². The molecule has 0 radical (unpaired) electrons. The van der Waals surface area contributed by atoms with E-state index in [9.17, 15) is 19.1 Å². The van der Waals surface area contributed by atoms with Crippen molar-refractivity contribution in [1.29, 1.82) is 0 Å². The molecule has 0 aliphatic carbocycles. The van der Waals surface area contributed by atoms with Crippen molar-refractivity contribution in [2.45, 2.75) is 46.7 Å². The number of halogens is 1. The van der Waals surface area contributed by atoms with Gasteiger partial charge >= 0.3 is 0 Å². The predicted molar refractivity (Wildman–Crippen MR) is 115 cm³/mol. The molecule has 1 aliphatic heterocycles. The highest BCUT2D eigenvalue weighted by molar-refractivity contribution is 6.12. The maximum atomic E-state index is 13.2. The number of allylic oxidation sites excluding steroid dienone is 2. The summed E-state index contributed by atoms with van der Waals surface area (Å²) in [6.07, 6.45) is 7.02. The number of carbonyl (C=O) groups excluding carboxylic acids is 2. The Morgan fingerprint density at radius 3 is 2.55 bits per heavy atom. The highest BCUT2D eigenvalue weighted by atomic mass is 19.1. The minimum atomic E-state index is -0.593. The first-order chi connectivity index (χ1) is 13.7. The van der Waals surface area contributed by atoms with Crippen molar-refractivity contribution < 1.29 is 19.1 Å². The van der Waals surface area contributed by atoms with E-state index in [1.165, 1.54) is 18.5 Å². The number of hydrogen-bond acceptors (Lipinski definition) is 5. The molecule has 0 aromatic heterocycles. The number of carbonyl (C=O) groups is 2. The van der Waals surface area contributed by atoms with Crippen molar-refractivity contribution in [2.75, 3.05) is 13.2 Å². The molecule has 0 saturated heterocycles. The Morgan fingerprint density at radius 1 is 1.38 bits per heavy atom. The number of hydrogen-bond donors (Lipinski definition) is 1. The van der Waals surface area contributed by atoms with Gasteiger partial charge in [-0.15, -0.1) is 0 Å². The number of Topliss-reactive ketones (excluding diaryl/α,β-unsaturated/α-hetero) is 1. The molecule has 2 atom stereocenters. The summed E-state index contributed by atoms with van der Waals surface area (Å²) in [6, 6.07) is -0.929. The Morgan fingerprint density at radius 2 is 2.03 bits per heavy atom. The van der Waals surface area contributed by atoms with Crippen LogP contribution in [0.2, 0.25) is 0 Å². The van der Waals surface area contributed by atoms with Crippen molar-refractivity contribution in [2.24, 2.45) is 15.9 Å². The molecule has 0 spiro atoms. The van der Waals surface area contributed by atoms with Crippen LogP contribution in [-0.2, 0) is 9.59 Å². The van der Waals surface area contributed by atoms with Crippen LogP contribution in [0.4, 0.5) is 4.39 Å². The molecule has 29 heavy (non-hydrogen) atoms. The van der Waals surface area contributed by atoms with Gasteiger partial charge in [-0.05, 0) is 50.8 Å². The second kappa shape index (κ2) is 11.2. The van der Waals surface area contributed by atoms with E-state index in [0.717, 1.165) is 6.26 Å². The number of aliphatic hydroxyl groups is 1. The fourth-order valence-electron chi connectivity index (χ4n) is 3.19. The van der Waals surface area contributed by atoms with E-state index in [2.05, 4.69) is 16.7 Å². The lowest BCUT2D eigenvalue weighted by atomic mass is 9.93. The molecule has 6 nitrogen and oxygen atoms in total. The first-order valence-electron chi connectivity index (χ1n) is 9.52. The summed E-state index contributed by atoms with van der Waals surface area (Å²) in [7, 11) is 0. The van der Waals surface area contributed by atoms with Gasteiger partial charge in [-0.3, -0.25) is 19.6 Å². The van der Waals surface area contributed by atoms with Crippen LogP contribution < -0.4 is 0 Å². The van der Waals surface area contributed by atoms with E-state index in [1.807, 2.05) is 6.92 Å². The number of alkyl halides is 1. The van der Waals surface area contributed by atoms with E-state index in [1.54, 1.807) is 38.7 Å². The summed E-state index contributed by atoms with van der Waals surface area (Å²) >= 11 is 0. The van der Waals surface area contributed by atoms with Crippen molar-refractivity contribution in [1.82, 2.24) is 4.90 Å². The Bertz CT molecular complexity index is 791. The molecule has 1 aliphatic rings. The summed E-state index contributed by atoms with van der Waals surface area (Å²) in [5, 5.41) is 9.25. The van der Waals surface area contributed by atoms with Gasteiger partial charge in [0, 0.05) is 29.5 Å². The second-order valence-corrected chi connectivity index (χ2v) is 7.15. The van der Waals surface area contributed by atoms with E-state index in [4.69, 9.17) is 0 Å². The topological polar surface area (TPSA) is 82.3 Å². The predicted octanol–water partition coefficient (Wildman–Crippen LogP) is 3.77. The molecule has 1 heterocycles.